The summed E-state index contributed by atoms with van der Waals surface area (Å²) in [5.41, 5.74) is 1.08. The summed E-state index contributed by atoms with van der Waals surface area (Å²) >= 11 is 0. The van der Waals surface area contributed by atoms with Gasteiger partial charge in [-0.15, -0.1) is 0 Å². The number of likely N-dealkylation sites (tertiary alicyclic amines) is 1. The molecule has 0 radical (unpaired) electrons. The fourth-order valence-corrected chi connectivity index (χ4v) is 2.09. The van der Waals surface area contributed by atoms with Crippen LogP contribution in [0.2, 0.25) is 0 Å². The number of nitrogens with zero attached hydrogens (tertiary/aromatic N) is 1. The third-order valence-corrected chi connectivity index (χ3v) is 3.13. The van der Waals surface area contributed by atoms with Gasteiger partial charge in [-0.25, -0.2) is 0 Å². The second-order valence-corrected chi connectivity index (χ2v) is 4.87. The van der Waals surface area contributed by atoms with Crippen molar-refractivity contribution in [3.05, 3.63) is 29.8 Å². The van der Waals surface area contributed by atoms with E-state index >= 15 is 0 Å². The largest absolute Gasteiger partial charge is 0.484 e. The van der Waals surface area contributed by atoms with Crippen molar-refractivity contribution in [3.8, 4) is 5.75 Å². The highest BCUT2D eigenvalue weighted by molar-refractivity contribution is 5.79. The summed E-state index contributed by atoms with van der Waals surface area (Å²) in [5.74, 6) is -0.146. The molecule has 0 bridgehead atoms. The zero-order valence-electron chi connectivity index (χ0n) is 10.8. The van der Waals surface area contributed by atoms with Gasteiger partial charge in [0.2, 0.25) is 0 Å². The molecule has 1 aromatic carbocycles. The second kappa shape index (κ2) is 5.73. The standard InChI is InChI=1S/C14H17NO4/c1-10-3-2-4-12(5-10)19-9-13(16)15-7-11(8-15)6-14(17)18/h2-5,11H,6-9H2,1H3,(H,17,18). The Hall–Kier alpha value is -2.04. The Morgan fingerprint density at radius 3 is 2.79 bits per heavy atom. The molecule has 1 N–H and O–H groups in total. The van der Waals surface area contributed by atoms with Gasteiger partial charge in [0, 0.05) is 19.0 Å². The number of carboxylic acids is 1. The summed E-state index contributed by atoms with van der Waals surface area (Å²) < 4.78 is 5.41. The van der Waals surface area contributed by atoms with Gasteiger partial charge in [-0.1, -0.05) is 12.1 Å². The maximum atomic E-state index is 11.8. The van der Waals surface area contributed by atoms with Crippen molar-refractivity contribution in [1.82, 2.24) is 4.90 Å². The Kier molecular flexibility index (Phi) is 4.04. The normalized spacial score (nSPS) is 14.9. The molecule has 0 unspecified atom stereocenters. The molecule has 0 aromatic heterocycles. The molecule has 1 fully saturated rings. The minimum atomic E-state index is -0.812. The van der Waals surface area contributed by atoms with Crippen LogP contribution in [-0.4, -0.2) is 41.6 Å². The number of amides is 1. The molecular weight excluding hydrogens is 246 g/mol. The van der Waals surface area contributed by atoms with Gasteiger partial charge in [0.1, 0.15) is 5.75 Å². The van der Waals surface area contributed by atoms with Crippen molar-refractivity contribution in [2.75, 3.05) is 19.7 Å². The van der Waals surface area contributed by atoms with Crippen LogP contribution >= 0.6 is 0 Å². The number of carboxylic acid groups (broad SMARTS) is 1. The van der Waals surface area contributed by atoms with Crippen molar-refractivity contribution in [3.63, 3.8) is 0 Å². The topological polar surface area (TPSA) is 66.8 Å². The fourth-order valence-electron chi connectivity index (χ4n) is 2.09. The lowest BCUT2D eigenvalue weighted by molar-refractivity contribution is -0.146. The van der Waals surface area contributed by atoms with E-state index in [0.29, 0.717) is 18.8 Å². The zero-order chi connectivity index (χ0) is 13.8. The molecule has 2 rings (SSSR count). The fraction of sp³-hybridized carbons (Fsp3) is 0.429. The SMILES string of the molecule is Cc1cccc(OCC(=O)N2CC(CC(=O)O)C2)c1. The van der Waals surface area contributed by atoms with Gasteiger partial charge in [0.05, 0.1) is 6.42 Å². The van der Waals surface area contributed by atoms with E-state index in [1.807, 2.05) is 31.2 Å². The predicted octanol–water partition coefficient (Wildman–Crippen LogP) is 1.31. The molecule has 1 aromatic rings. The number of hydrogen-bond acceptors (Lipinski definition) is 3. The summed E-state index contributed by atoms with van der Waals surface area (Å²) in [5, 5.41) is 8.62. The van der Waals surface area contributed by atoms with Gasteiger partial charge in [-0.3, -0.25) is 9.59 Å². The Balaban J connectivity index is 1.73. The number of benzene rings is 1. The van der Waals surface area contributed by atoms with Gasteiger partial charge in [0.15, 0.2) is 6.61 Å². The maximum Gasteiger partial charge on any atom is 0.303 e. The van der Waals surface area contributed by atoms with Crippen LogP contribution in [-0.2, 0) is 9.59 Å². The number of aliphatic carboxylic acids is 1. The highest BCUT2D eigenvalue weighted by Crippen LogP contribution is 2.19. The molecule has 0 aliphatic carbocycles. The van der Waals surface area contributed by atoms with Crippen LogP contribution in [0.3, 0.4) is 0 Å². The van der Waals surface area contributed by atoms with E-state index in [4.69, 9.17) is 9.84 Å². The number of rotatable bonds is 5. The van der Waals surface area contributed by atoms with Crippen molar-refractivity contribution in [1.29, 1.82) is 0 Å². The molecule has 1 heterocycles. The molecule has 0 spiro atoms. The van der Waals surface area contributed by atoms with Gasteiger partial charge in [-0.2, -0.15) is 0 Å². The molecule has 1 amide bonds. The monoisotopic (exact) mass is 263 g/mol. The quantitative estimate of drug-likeness (QED) is 0.869. The highest BCUT2D eigenvalue weighted by atomic mass is 16.5. The number of ether oxygens (including phenoxy) is 1. The van der Waals surface area contributed by atoms with E-state index in [1.165, 1.54) is 0 Å². The third kappa shape index (κ3) is 3.71. The van der Waals surface area contributed by atoms with Gasteiger partial charge < -0.3 is 14.7 Å². The molecule has 0 saturated carbocycles. The van der Waals surface area contributed by atoms with Crippen molar-refractivity contribution < 1.29 is 19.4 Å². The van der Waals surface area contributed by atoms with Crippen LogP contribution in [0.5, 0.6) is 5.75 Å². The first-order valence-electron chi connectivity index (χ1n) is 6.23. The summed E-state index contributed by atoms with van der Waals surface area (Å²) in [7, 11) is 0. The summed E-state index contributed by atoms with van der Waals surface area (Å²) in [6, 6.07) is 7.52. The second-order valence-electron chi connectivity index (χ2n) is 4.87. The molecule has 102 valence electrons. The molecule has 5 nitrogen and oxygen atoms in total. The molecular formula is C14H17NO4. The van der Waals surface area contributed by atoms with Crippen molar-refractivity contribution in [2.45, 2.75) is 13.3 Å². The van der Waals surface area contributed by atoms with E-state index < -0.39 is 5.97 Å². The molecule has 1 saturated heterocycles. The maximum absolute atomic E-state index is 11.8. The Morgan fingerprint density at radius 2 is 2.16 bits per heavy atom. The van der Waals surface area contributed by atoms with Crippen LogP contribution in [0.25, 0.3) is 0 Å². The summed E-state index contributed by atoms with van der Waals surface area (Å²) in [4.78, 5) is 23.9. The summed E-state index contributed by atoms with van der Waals surface area (Å²) in [6.07, 6.45) is 0.127. The van der Waals surface area contributed by atoms with E-state index in [9.17, 15) is 9.59 Å². The predicted molar refractivity (Wildman–Crippen MR) is 69.0 cm³/mol. The van der Waals surface area contributed by atoms with Crippen molar-refractivity contribution >= 4 is 11.9 Å². The zero-order valence-corrected chi connectivity index (χ0v) is 10.8. The lowest BCUT2D eigenvalue weighted by Gasteiger charge is -2.38. The first-order valence-corrected chi connectivity index (χ1v) is 6.23. The molecule has 1 aliphatic rings. The van der Waals surface area contributed by atoms with E-state index in [1.54, 1.807) is 4.90 Å². The van der Waals surface area contributed by atoms with E-state index in [-0.39, 0.29) is 24.9 Å². The average molecular weight is 263 g/mol. The third-order valence-electron chi connectivity index (χ3n) is 3.13. The smallest absolute Gasteiger partial charge is 0.303 e. The molecule has 5 heteroatoms. The number of carbonyl (C=O) groups is 2. The average Bonchev–Trinajstić information content (AvgIpc) is 2.30. The van der Waals surface area contributed by atoms with E-state index in [0.717, 1.165) is 5.56 Å². The minimum Gasteiger partial charge on any atom is -0.484 e. The highest BCUT2D eigenvalue weighted by Gasteiger charge is 2.31. The van der Waals surface area contributed by atoms with Crippen molar-refractivity contribution in [2.24, 2.45) is 5.92 Å². The van der Waals surface area contributed by atoms with Crippen LogP contribution < -0.4 is 4.74 Å². The van der Waals surface area contributed by atoms with Gasteiger partial charge >= 0.3 is 5.97 Å². The lowest BCUT2D eigenvalue weighted by atomic mass is 9.96. The Bertz CT molecular complexity index is 480. The molecule has 19 heavy (non-hydrogen) atoms. The number of hydrogen-bond donors (Lipinski definition) is 1. The number of aryl methyl sites for hydroxylation is 1. The Morgan fingerprint density at radius 1 is 1.42 bits per heavy atom. The van der Waals surface area contributed by atoms with Crippen LogP contribution in [0, 0.1) is 12.8 Å². The van der Waals surface area contributed by atoms with E-state index in [2.05, 4.69) is 0 Å². The molecule has 1 aliphatic heterocycles. The Labute approximate surface area is 111 Å². The number of carbonyl (C=O) groups excluding carboxylic acids is 1. The minimum absolute atomic E-state index is 0.00322. The summed E-state index contributed by atoms with van der Waals surface area (Å²) in [6.45, 7) is 2.99. The van der Waals surface area contributed by atoms with Gasteiger partial charge in [-0.05, 0) is 24.6 Å². The first kappa shape index (κ1) is 13.4. The molecule has 0 atom stereocenters. The van der Waals surface area contributed by atoms with Crippen LogP contribution in [0.1, 0.15) is 12.0 Å². The van der Waals surface area contributed by atoms with Crippen LogP contribution in [0.4, 0.5) is 0 Å². The van der Waals surface area contributed by atoms with Gasteiger partial charge in [0.25, 0.3) is 5.91 Å². The first-order chi connectivity index (χ1) is 9.04. The lowest BCUT2D eigenvalue weighted by Crippen LogP contribution is -2.52. The van der Waals surface area contributed by atoms with Crippen LogP contribution in [0.15, 0.2) is 24.3 Å².